The molecule has 0 radical (unpaired) electrons. The summed E-state index contributed by atoms with van der Waals surface area (Å²) < 4.78 is 15.0. The minimum atomic E-state index is -4.28. The highest BCUT2D eigenvalue weighted by Gasteiger charge is 2.12. The second-order valence-electron chi connectivity index (χ2n) is 9.03. The molecule has 0 fully saturated rings. The van der Waals surface area contributed by atoms with E-state index in [4.69, 9.17) is 15.0 Å². The molecule has 0 aromatic carbocycles. The molecule has 0 atom stereocenters. The molecule has 7 nitrogen and oxygen atoms in total. The lowest BCUT2D eigenvalue weighted by Crippen LogP contribution is -2.17. The molecule has 32 heavy (non-hydrogen) atoms. The lowest BCUT2D eigenvalue weighted by molar-refractivity contribution is -0.129. The summed E-state index contributed by atoms with van der Waals surface area (Å²) in [5, 5.41) is 8.41. The third-order valence-corrected chi connectivity index (χ3v) is 6.45. The zero-order chi connectivity index (χ0) is 23.8. The van der Waals surface area contributed by atoms with E-state index in [9.17, 15) is 9.36 Å². The molecule has 0 aliphatic rings. The SMILES string of the molecule is O=C(CCCCCCCCCCCCCCCCCCCCCCCOP(=O)(O)O)NO. The Labute approximate surface area is 196 Å². The number of nitrogens with one attached hydrogen (secondary N) is 1. The number of phosphoric acid groups is 1. The van der Waals surface area contributed by atoms with Crippen LogP contribution in [0.4, 0.5) is 0 Å². The molecule has 0 unspecified atom stereocenters. The van der Waals surface area contributed by atoms with E-state index in [1.54, 1.807) is 5.48 Å². The van der Waals surface area contributed by atoms with Crippen LogP contribution in [0.15, 0.2) is 0 Å². The average molecular weight is 480 g/mol. The minimum absolute atomic E-state index is 0.154. The molecule has 0 spiro atoms. The van der Waals surface area contributed by atoms with Gasteiger partial charge in [-0.1, -0.05) is 122 Å². The molecule has 0 saturated heterocycles. The summed E-state index contributed by atoms with van der Waals surface area (Å²) in [6, 6.07) is 0. The van der Waals surface area contributed by atoms with Crippen molar-refractivity contribution < 1.29 is 28.9 Å². The molecule has 0 aromatic heterocycles. The predicted octanol–water partition coefficient (Wildman–Crippen LogP) is 7.18. The van der Waals surface area contributed by atoms with Gasteiger partial charge in [0.15, 0.2) is 0 Å². The molecule has 0 bridgehead atoms. The first-order valence-electron chi connectivity index (χ1n) is 13.1. The van der Waals surface area contributed by atoms with Crippen LogP contribution >= 0.6 is 7.82 Å². The Bertz CT molecular complexity index is 458. The highest BCUT2D eigenvalue weighted by molar-refractivity contribution is 7.46. The highest BCUT2D eigenvalue weighted by Crippen LogP contribution is 2.35. The van der Waals surface area contributed by atoms with Crippen molar-refractivity contribution in [1.82, 2.24) is 5.48 Å². The van der Waals surface area contributed by atoms with Gasteiger partial charge < -0.3 is 9.79 Å². The van der Waals surface area contributed by atoms with Gasteiger partial charge >= 0.3 is 7.82 Å². The molecule has 0 aliphatic carbocycles. The van der Waals surface area contributed by atoms with Crippen LogP contribution in [-0.4, -0.2) is 27.5 Å². The number of amides is 1. The van der Waals surface area contributed by atoms with Crippen LogP contribution in [0, 0.1) is 0 Å². The zero-order valence-electron chi connectivity index (χ0n) is 20.3. The number of hydrogen-bond acceptors (Lipinski definition) is 4. The van der Waals surface area contributed by atoms with Crippen LogP contribution in [0.3, 0.4) is 0 Å². The van der Waals surface area contributed by atoms with E-state index in [1.807, 2.05) is 0 Å². The third-order valence-electron chi connectivity index (χ3n) is 5.93. The van der Waals surface area contributed by atoms with Gasteiger partial charge in [0.2, 0.25) is 5.91 Å². The maximum atomic E-state index is 10.9. The highest BCUT2D eigenvalue weighted by atomic mass is 31.2. The fraction of sp³-hybridized carbons (Fsp3) is 0.958. The van der Waals surface area contributed by atoms with Gasteiger partial charge in [-0.2, -0.15) is 0 Å². The molecule has 0 saturated carbocycles. The number of phosphoric ester groups is 1. The van der Waals surface area contributed by atoms with Gasteiger partial charge in [0.05, 0.1) is 6.61 Å². The monoisotopic (exact) mass is 479 g/mol. The Hall–Kier alpha value is -0.460. The molecule has 1 amide bonds. The van der Waals surface area contributed by atoms with E-state index >= 15 is 0 Å². The average Bonchev–Trinajstić information content (AvgIpc) is 2.75. The van der Waals surface area contributed by atoms with Crippen molar-refractivity contribution in [1.29, 1.82) is 0 Å². The third kappa shape index (κ3) is 27.6. The van der Waals surface area contributed by atoms with Gasteiger partial charge in [-0.05, 0) is 12.8 Å². The summed E-state index contributed by atoms with van der Waals surface area (Å²) in [4.78, 5) is 28.0. The maximum Gasteiger partial charge on any atom is 0.469 e. The number of carbonyl (C=O) groups is 1. The van der Waals surface area contributed by atoms with Crippen LogP contribution in [0.2, 0.25) is 0 Å². The Kier molecular flexibility index (Phi) is 23.3. The van der Waals surface area contributed by atoms with Crippen LogP contribution < -0.4 is 5.48 Å². The fourth-order valence-electron chi connectivity index (χ4n) is 3.99. The summed E-state index contributed by atoms with van der Waals surface area (Å²) in [5.41, 5.74) is 1.68. The van der Waals surface area contributed by atoms with Gasteiger partial charge in [0.25, 0.3) is 0 Å². The maximum absolute atomic E-state index is 10.9. The van der Waals surface area contributed by atoms with E-state index in [1.165, 1.54) is 103 Å². The van der Waals surface area contributed by atoms with Crippen molar-refractivity contribution in [3.63, 3.8) is 0 Å². The molecule has 8 heteroatoms. The van der Waals surface area contributed by atoms with Crippen LogP contribution in [0.25, 0.3) is 0 Å². The molecular weight excluding hydrogens is 429 g/mol. The Morgan fingerprint density at radius 1 is 0.562 bits per heavy atom. The Morgan fingerprint density at radius 3 is 1.12 bits per heavy atom. The summed E-state index contributed by atoms with van der Waals surface area (Å²) >= 11 is 0. The largest absolute Gasteiger partial charge is 0.469 e. The fourth-order valence-corrected chi connectivity index (χ4v) is 4.35. The first-order valence-corrected chi connectivity index (χ1v) is 14.6. The van der Waals surface area contributed by atoms with E-state index < -0.39 is 7.82 Å². The summed E-state index contributed by atoms with van der Waals surface area (Å²) in [5.74, 6) is -0.277. The summed E-state index contributed by atoms with van der Waals surface area (Å²) in [7, 11) is -4.28. The van der Waals surface area contributed by atoms with Crippen LogP contribution in [-0.2, 0) is 13.9 Å². The first-order chi connectivity index (χ1) is 15.5. The topological polar surface area (TPSA) is 116 Å². The van der Waals surface area contributed by atoms with Crippen LogP contribution in [0.1, 0.15) is 141 Å². The Morgan fingerprint density at radius 2 is 0.844 bits per heavy atom. The smallest absolute Gasteiger partial charge is 0.303 e. The molecule has 192 valence electrons. The quantitative estimate of drug-likeness (QED) is 0.0477. The standard InChI is InChI=1S/C24H50NO6P/c26-24(25-27)22-20-18-16-14-12-10-8-6-4-2-1-3-5-7-9-11-13-15-17-19-21-23-31-32(28,29)30/h27H,1-23H2,(H,25,26)(H2,28,29,30). The van der Waals surface area contributed by atoms with E-state index in [-0.39, 0.29) is 12.5 Å². The summed E-state index contributed by atoms with van der Waals surface area (Å²) in [6.45, 7) is 0.154. The number of hydroxylamine groups is 1. The van der Waals surface area contributed by atoms with Gasteiger partial charge in [0, 0.05) is 6.42 Å². The summed E-state index contributed by atoms with van der Waals surface area (Å²) in [6.07, 6.45) is 26.3. The number of rotatable bonds is 25. The minimum Gasteiger partial charge on any atom is -0.303 e. The van der Waals surface area contributed by atoms with Crippen molar-refractivity contribution in [3.05, 3.63) is 0 Å². The number of hydrogen-bond donors (Lipinski definition) is 4. The molecule has 0 aromatic rings. The number of unbranched alkanes of at least 4 members (excludes halogenated alkanes) is 20. The number of carbonyl (C=O) groups excluding carboxylic acids is 1. The molecular formula is C24H50NO6P. The van der Waals surface area contributed by atoms with Gasteiger partial charge in [0.1, 0.15) is 0 Å². The van der Waals surface area contributed by atoms with Crippen molar-refractivity contribution in [3.8, 4) is 0 Å². The van der Waals surface area contributed by atoms with E-state index in [0.29, 0.717) is 6.42 Å². The van der Waals surface area contributed by atoms with Gasteiger partial charge in [-0.3, -0.25) is 14.5 Å². The molecule has 0 heterocycles. The van der Waals surface area contributed by atoms with Gasteiger partial charge in [-0.15, -0.1) is 0 Å². The normalized spacial score (nSPS) is 11.7. The van der Waals surface area contributed by atoms with E-state index in [0.717, 1.165) is 32.1 Å². The second kappa shape index (κ2) is 23.7. The first kappa shape index (κ1) is 31.5. The van der Waals surface area contributed by atoms with E-state index in [2.05, 4.69) is 4.52 Å². The van der Waals surface area contributed by atoms with Crippen molar-refractivity contribution in [2.45, 2.75) is 141 Å². The molecule has 4 N–H and O–H groups in total. The predicted molar refractivity (Wildman–Crippen MR) is 129 cm³/mol. The second-order valence-corrected chi connectivity index (χ2v) is 10.3. The lowest BCUT2D eigenvalue weighted by atomic mass is 10.0. The van der Waals surface area contributed by atoms with Crippen molar-refractivity contribution >= 4 is 13.7 Å². The Balaban J connectivity index is 3.06. The molecule has 0 rings (SSSR count). The van der Waals surface area contributed by atoms with Crippen molar-refractivity contribution in [2.75, 3.05) is 6.61 Å². The molecule has 0 aliphatic heterocycles. The van der Waals surface area contributed by atoms with Crippen molar-refractivity contribution in [2.24, 2.45) is 0 Å². The lowest BCUT2D eigenvalue weighted by Gasteiger charge is -2.05. The van der Waals surface area contributed by atoms with Crippen LogP contribution in [0.5, 0.6) is 0 Å². The van der Waals surface area contributed by atoms with Gasteiger partial charge in [-0.25, -0.2) is 10.0 Å². The zero-order valence-corrected chi connectivity index (χ0v) is 21.2.